The topological polar surface area (TPSA) is 173 Å². The predicted molar refractivity (Wildman–Crippen MR) is 119 cm³/mol. The van der Waals surface area contributed by atoms with E-state index >= 15 is 0 Å². The van der Waals surface area contributed by atoms with E-state index < -0.39 is 68.7 Å². The van der Waals surface area contributed by atoms with Crippen LogP contribution in [0.25, 0.3) is 0 Å². The molecule has 6 bridgehead atoms. The fourth-order valence-corrected chi connectivity index (χ4v) is 9.29. The summed E-state index contributed by atoms with van der Waals surface area (Å²) in [6.07, 6.45) is -2.19. The number of rotatable bonds is 3. The highest BCUT2D eigenvalue weighted by atomic mass is 16.7. The minimum atomic E-state index is -2.65. The van der Waals surface area contributed by atoms with E-state index in [2.05, 4.69) is 11.6 Å². The first-order valence-electron chi connectivity index (χ1n) is 12.0. The van der Waals surface area contributed by atoms with Gasteiger partial charge < -0.3 is 45.1 Å². The summed E-state index contributed by atoms with van der Waals surface area (Å²) < 4.78 is 12.0. The molecule has 0 radical (unpaired) electrons. The van der Waals surface area contributed by atoms with Gasteiger partial charge in [0, 0.05) is 18.0 Å². The Morgan fingerprint density at radius 2 is 1.89 bits per heavy atom. The Morgan fingerprint density at radius 1 is 1.23 bits per heavy atom. The van der Waals surface area contributed by atoms with Gasteiger partial charge in [-0.3, -0.25) is 0 Å². The molecule has 0 unspecified atom stereocenters. The Balaban J connectivity index is 1.70. The maximum absolute atomic E-state index is 13.2. The van der Waals surface area contributed by atoms with Crippen LogP contribution >= 0.6 is 0 Å². The highest BCUT2D eigenvalue weighted by Gasteiger charge is 3.10. The number of hydrogen-bond donors (Lipinski definition) is 7. The average molecular weight is 492 g/mol. The number of aromatic amines is 1. The van der Waals surface area contributed by atoms with Crippen LogP contribution in [0.4, 0.5) is 0 Å². The van der Waals surface area contributed by atoms with E-state index in [4.69, 9.17) is 9.47 Å². The summed E-state index contributed by atoms with van der Waals surface area (Å²) >= 11 is 0. The number of aromatic nitrogens is 1. The van der Waals surface area contributed by atoms with Crippen molar-refractivity contribution in [2.75, 3.05) is 0 Å². The van der Waals surface area contributed by atoms with Gasteiger partial charge in [0.2, 0.25) is 0 Å². The van der Waals surface area contributed by atoms with Crippen LogP contribution in [0, 0.1) is 16.7 Å². The number of nitrogens with one attached hydrogen (secondary N) is 1. The lowest BCUT2D eigenvalue weighted by molar-refractivity contribution is -0.383. The second-order valence-corrected chi connectivity index (χ2v) is 12.0. The molecule has 192 valence electrons. The predicted octanol–water partition coefficient (Wildman–Crippen LogP) is -0.268. The Kier molecular flexibility index (Phi) is 3.95. The third-order valence-electron chi connectivity index (χ3n) is 11.0. The van der Waals surface area contributed by atoms with Crippen molar-refractivity contribution in [2.45, 2.75) is 93.0 Å². The molecule has 0 amide bonds. The van der Waals surface area contributed by atoms with Crippen molar-refractivity contribution in [1.82, 2.24) is 4.98 Å². The van der Waals surface area contributed by atoms with Gasteiger partial charge in [-0.1, -0.05) is 27.4 Å². The average Bonchev–Trinajstić information content (AvgIpc) is 3.41. The van der Waals surface area contributed by atoms with Crippen molar-refractivity contribution in [3.63, 3.8) is 0 Å². The maximum Gasteiger partial charge on any atom is 0.355 e. The Bertz CT molecular complexity index is 1170. The smallest absolute Gasteiger partial charge is 0.355 e. The van der Waals surface area contributed by atoms with E-state index in [1.165, 1.54) is 26.1 Å². The van der Waals surface area contributed by atoms with Crippen molar-refractivity contribution in [1.29, 1.82) is 0 Å². The zero-order valence-electron chi connectivity index (χ0n) is 20.2. The van der Waals surface area contributed by atoms with Crippen molar-refractivity contribution < 1.29 is 44.9 Å². The van der Waals surface area contributed by atoms with E-state index in [9.17, 15) is 35.4 Å². The Labute approximate surface area is 202 Å². The summed E-state index contributed by atoms with van der Waals surface area (Å²) in [5.74, 6) is -3.97. The zero-order valence-corrected chi connectivity index (χ0v) is 20.2. The molecule has 10 heteroatoms. The van der Waals surface area contributed by atoms with Crippen LogP contribution in [0.1, 0.15) is 57.4 Å². The zero-order chi connectivity index (χ0) is 25.8. The lowest BCUT2D eigenvalue weighted by Crippen LogP contribution is -2.74. The van der Waals surface area contributed by atoms with Crippen LogP contribution in [-0.4, -0.2) is 87.6 Å². The third-order valence-corrected chi connectivity index (χ3v) is 11.0. The molecular formula is C25H33NO9. The van der Waals surface area contributed by atoms with E-state index in [1.807, 2.05) is 0 Å². The summed E-state index contributed by atoms with van der Waals surface area (Å²) in [5.41, 5.74) is -15.4. The molecule has 3 heterocycles. The van der Waals surface area contributed by atoms with E-state index in [0.29, 0.717) is 0 Å². The number of ether oxygens (including phenoxy) is 2. The van der Waals surface area contributed by atoms with Crippen molar-refractivity contribution in [2.24, 2.45) is 16.7 Å². The van der Waals surface area contributed by atoms with Crippen LogP contribution in [0.5, 0.6) is 0 Å². The van der Waals surface area contributed by atoms with Crippen molar-refractivity contribution >= 4 is 5.97 Å². The SMILES string of the molecule is C=C1CC[C@]2(O)[C@]3(C)C[C@@]4(O)O[C@@]2([C@@H]1O)[C@]1(O)[C@@]3(O)[C@H](OC(=O)c2ccc[nH]2)[C@](O)(C(C)C)[C@]14C. The normalized spacial score (nSPS) is 57.7. The molecule has 35 heavy (non-hydrogen) atoms. The van der Waals surface area contributed by atoms with E-state index in [-0.39, 0.29) is 30.5 Å². The molecular weight excluding hydrogens is 458 g/mol. The van der Waals surface area contributed by atoms with Crippen molar-refractivity contribution in [3.05, 3.63) is 36.2 Å². The molecule has 1 aromatic heterocycles. The third kappa shape index (κ3) is 1.71. The summed E-state index contributed by atoms with van der Waals surface area (Å²) in [6.45, 7) is 9.96. The molecule has 7 rings (SSSR count). The van der Waals surface area contributed by atoms with Gasteiger partial charge in [0.25, 0.3) is 0 Å². The molecule has 2 aliphatic heterocycles. The van der Waals surface area contributed by atoms with Crippen LogP contribution in [0.2, 0.25) is 0 Å². The Hall–Kier alpha value is -1.79. The second kappa shape index (κ2) is 5.85. The maximum atomic E-state index is 13.2. The van der Waals surface area contributed by atoms with Gasteiger partial charge in [-0.05, 0) is 43.4 Å². The molecule has 4 saturated carbocycles. The minimum Gasteiger partial charge on any atom is -0.451 e. The monoisotopic (exact) mass is 491 g/mol. The molecule has 10 nitrogen and oxygen atoms in total. The fraction of sp³-hybridized carbons (Fsp3) is 0.720. The first-order chi connectivity index (χ1) is 16.0. The van der Waals surface area contributed by atoms with Gasteiger partial charge in [0.05, 0.1) is 5.41 Å². The standard InChI is InChI=1S/C25H33NO9/c1-12(2)22(31)17(34-16(28)14-7-6-10-26-14)23(32)18(4)11-21(30)19(22,5)25(23,33)24(35-21)15(27)13(3)8-9-20(18,24)29/h6-7,10,12,15,17,26-27,29-33H,3,8-9,11H2,1-2,4-5H3/t15-,17-,18+,19-,20+,21-,22-,23-,24-,25-/m1/s1. The summed E-state index contributed by atoms with van der Waals surface area (Å²) in [7, 11) is 0. The number of aliphatic hydroxyl groups excluding tert-OH is 1. The van der Waals surface area contributed by atoms with Crippen LogP contribution in [0.3, 0.4) is 0 Å². The lowest BCUT2D eigenvalue weighted by atomic mass is 9.52. The number of H-pyrrole nitrogens is 1. The summed E-state index contributed by atoms with van der Waals surface area (Å²) in [4.78, 5) is 15.9. The van der Waals surface area contributed by atoms with E-state index in [0.717, 1.165) is 0 Å². The highest BCUT2D eigenvalue weighted by molar-refractivity contribution is 5.87. The molecule has 1 aromatic rings. The molecule has 10 atom stereocenters. The van der Waals surface area contributed by atoms with Gasteiger partial charge in [-0.25, -0.2) is 4.79 Å². The Morgan fingerprint density at radius 3 is 2.46 bits per heavy atom. The second-order valence-electron chi connectivity index (χ2n) is 12.0. The van der Waals surface area contributed by atoms with Gasteiger partial charge >= 0.3 is 5.97 Å². The molecule has 6 fully saturated rings. The minimum absolute atomic E-state index is 0.0342. The molecule has 7 N–H and O–H groups in total. The fourth-order valence-electron chi connectivity index (χ4n) is 9.29. The number of hydrogen-bond acceptors (Lipinski definition) is 9. The van der Waals surface area contributed by atoms with Gasteiger partial charge in [-0.15, -0.1) is 0 Å². The van der Waals surface area contributed by atoms with Gasteiger partial charge in [-0.2, -0.15) is 0 Å². The first-order valence-corrected chi connectivity index (χ1v) is 12.0. The first kappa shape index (κ1) is 23.6. The number of carbonyl (C=O) groups excluding carboxylic acids is 1. The van der Waals surface area contributed by atoms with Crippen LogP contribution in [-0.2, 0) is 9.47 Å². The molecule has 6 aliphatic rings. The largest absolute Gasteiger partial charge is 0.451 e. The number of esters is 1. The molecule has 0 aromatic carbocycles. The molecule has 1 spiro atoms. The number of carbonyl (C=O) groups is 1. The number of aliphatic hydroxyl groups is 6. The van der Waals surface area contributed by atoms with Gasteiger partial charge in [0.15, 0.2) is 17.5 Å². The summed E-state index contributed by atoms with van der Waals surface area (Å²) in [6, 6.07) is 3.04. The molecule has 2 saturated heterocycles. The summed E-state index contributed by atoms with van der Waals surface area (Å²) in [5, 5.41) is 73.7. The van der Waals surface area contributed by atoms with E-state index in [1.54, 1.807) is 19.9 Å². The molecule has 4 aliphatic carbocycles. The van der Waals surface area contributed by atoms with Crippen LogP contribution in [0.15, 0.2) is 30.5 Å². The van der Waals surface area contributed by atoms with Crippen LogP contribution < -0.4 is 0 Å². The lowest BCUT2D eigenvalue weighted by Gasteiger charge is -2.60. The quantitative estimate of drug-likeness (QED) is 0.222. The van der Waals surface area contributed by atoms with Crippen molar-refractivity contribution in [3.8, 4) is 0 Å². The van der Waals surface area contributed by atoms with Gasteiger partial charge in [0.1, 0.15) is 34.2 Å². The highest BCUT2D eigenvalue weighted by Crippen LogP contribution is 2.90.